The van der Waals surface area contributed by atoms with Crippen molar-refractivity contribution < 1.29 is 4.39 Å². The molecule has 0 atom stereocenters. The quantitative estimate of drug-likeness (QED) is 0.900. The lowest BCUT2D eigenvalue weighted by molar-refractivity contribution is 0.592. The third kappa shape index (κ3) is 3.34. The summed E-state index contributed by atoms with van der Waals surface area (Å²) in [6, 6.07) is 7.95. The van der Waals surface area contributed by atoms with Crippen LogP contribution in [0, 0.1) is 5.82 Å². The molecule has 106 valence electrons. The lowest BCUT2D eigenvalue weighted by Gasteiger charge is -2.13. The Balaban J connectivity index is 1.98. The molecule has 5 nitrogen and oxygen atoms in total. The van der Waals surface area contributed by atoms with Gasteiger partial charge in [-0.15, -0.1) is 0 Å². The minimum atomic E-state index is -0.309. The van der Waals surface area contributed by atoms with Crippen molar-refractivity contribution in [3.05, 3.63) is 52.7 Å². The number of aromatic nitrogens is 2. The Labute approximate surface area is 116 Å². The second-order valence-electron chi connectivity index (χ2n) is 4.58. The molecule has 1 N–H and O–H groups in total. The van der Waals surface area contributed by atoms with Crippen molar-refractivity contribution in [2.75, 3.05) is 30.9 Å². The van der Waals surface area contributed by atoms with E-state index in [2.05, 4.69) is 10.4 Å². The molecule has 0 amide bonds. The Kier molecular flexibility index (Phi) is 4.34. The van der Waals surface area contributed by atoms with Gasteiger partial charge in [-0.25, -0.2) is 9.07 Å². The van der Waals surface area contributed by atoms with E-state index in [1.807, 2.05) is 19.0 Å². The summed E-state index contributed by atoms with van der Waals surface area (Å²) in [6.07, 6.45) is 1.63. The van der Waals surface area contributed by atoms with E-state index in [0.717, 1.165) is 5.69 Å². The Morgan fingerprint density at radius 3 is 2.75 bits per heavy atom. The van der Waals surface area contributed by atoms with Crippen LogP contribution in [-0.2, 0) is 6.54 Å². The van der Waals surface area contributed by atoms with Crippen molar-refractivity contribution in [1.29, 1.82) is 0 Å². The lowest BCUT2D eigenvalue weighted by Crippen LogP contribution is -2.27. The summed E-state index contributed by atoms with van der Waals surface area (Å²) in [5.74, 6) is -0.309. The number of hydrogen-bond donors (Lipinski definition) is 1. The Morgan fingerprint density at radius 1 is 1.35 bits per heavy atom. The van der Waals surface area contributed by atoms with E-state index < -0.39 is 0 Å². The summed E-state index contributed by atoms with van der Waals surface area (Å²) in [6.45, 7) is 0.802. The van der Waals surface area contributed by atoms with Gasteiger partial charge in [0, 0.05) is 26.7 Å². The van der Waals surface area contributed by atoms with Gasteiger partial charge in [0.2, 0.25) is 0 Å². The van der Waals surface area contributed by atoms with Gasteiger partial charge in [-0.1, -0.05) is 12.1 Å². The Bertz CT molecular complexity index is 639. The molecular formula is C14H17FN4O. The van der Waals surface area contributed by atoms with Gasteiger partial charge < -0.3 is 10.2 Å². The van der Waals surface area contributed by atoms with Gasteiger partial charge in [-0.2, -0.15) is 5.10 Å². The van der Waals surface area contributed by atoms with Crippen LogP contribution in [0.25, 0.3) is 0 Å². The predicted molar refractivity (Wildman–Crippen MR) is 77.7 cm³/mol. The van der Waals surface area contributed by atoms with E-state index in [4.69, 9.17) is 0 Å². The van der Waals surface area contributed by atoms with Crippen LogP contribution in [0.1, 0.15) is 0 Å². The summed E-state index contributed by atoms with van der Waals surface area (Å²) in [5, 5.41) is 7.02. The highest BCUT2D eigenvalue weighted by molar-refractivity contribution is 5.44. The zero-order valence-electron chi connectivity index (χ0n) is 11.5. The molecule has 20 heavy (non-hydrogen) atoms. The minimum Gasteiger partial charge on any atom is -0.381 e. The first-order valence-electron chi connectivity index (χ1n) is 6.31. The zero-order chi connectivity index (χ0) is 14.5. The van der Waals surface area contributed by atoms with Crippen LogP contribution in [0.5, 0.6) is 0 Å². The van der Waals surface area contributed by atoms with E-state index in [1.165, 1.54) is 16.8 Å². The van der Waals surface area contributed by atoms with Crippen LogP contribution in [0.3, 0.4) is 0 Å². The summed E-state index contributed by atoms with van der Waals surface area (Å²) in [4.78, 5) is 13.6. The smallest absolute Gasteiger partial charge is 0.268 e. The van der Waals surface area contributed by atoms with E-state index >= 15 is 0 Å². The number of anilines is 2. The van der Waals surface area contributed by atoms with E-state index in [0.29, 0.717) is 18.8 Å². The van der Waals surface area contributed by atoms with Crippen molar-refractivity contribution >= 4 is 11.4 Å². The molecule has 2 rings (SSSR count). The number of rotatable bonds is 5. The average molecular weight is 276 g/mol. The number of nitrogens with zero attached hydrogens (tertiary/aromatic N) is 3. The topological polar surface area (TPSA) is 50.2 Å². The van der Waals surface area contributed by atoms with E-state index in [1.54, 1.807) is 24.4 Å². The molecule has 0 unspecified atom stereocenters. The molecule has 0 aliphatic heterocycles. The molecule has 1 aromatic heterocycles. The maximum absolute atomic E-state index is 13.4. The van der Waals surface area contributed by atoms with Crippen molar-refractivity contribution in [2.45, 2.75) is 6.54 Å². The normalized spacial score (nSPS) is 10.3. The summed E-state index contributed by atoms with van der Waals surface area (Å²) in [5.41, 5.74) is 1.00. The van der Waals surface area contributed by atoms with E-state index in [-0.39, 0.29) is 11.4 Å². The number of benzene rings is 1. The van der Waals surface area contributed by atoms with Crippen LogP contribution in [0.15, 0.2) is 41.3 Å². The maximum Gasteiger partial charge on any atom is 0.268 e. The van der Waals surface area contributed by atoms with Crippen molar-refractivity contribution in [1.82, 2.24) is 9.78 Å². The molecule has 2 aromatic rings. The van der Waals surface area contributed by atoms with Crippen LogP contribution in [0.2, 0.25) is 0 Å². The van der Waals surface area contributed by atoms with Gasteiger partial charge in [-0.3, -0.25) is 4.79 Å². The monoisotopic (exact) mass is 276 g/mol. The number of para-hydroxylation sites is 1. The highest BCUT2D eigenvalue weighted by Gasteiger charge is 2.03. The van der Waals surface area contributed by atoms with Crippen molar-refractivity contribution in [3.63, 3.8) is 0 Å². The maximum atomic E-state index is 13.4. The van der Waals surface area contributed by atoms with Gasteiger partial charge in [0.15, 0.2) is 0 Å². The molecule has 0 aliphatic carbocycles. The molecule has 0 spiro atoms. The highest BCUT2D eigenvalue weighted by atomic mass is 19.1. The number of hydrogen-bond acceptors (Lipinski definition) is 4. The number of halogens is 1. The SMILES string of the molecule is CN(C)c1cnn(CCNc2ccccc2F)c(=O)c1. The average Bonchev–Trinajstić information content (AvgIpc) is 2.42. The Hall–Kier alpha value is -2.37. The third-order valence-corrected chi connectivity index (χ3v) is 2.88. The first kappa shape index (κ1) is 14.0. The molecule has 0 saturated carbocycles. The van der Waals surface area contributed by atoms with Crippen LogP contribution in [-0.4, -0.2) is 30.4 Å². The largest absolute Gasteiger partial charge is 0.381 e. The molecule has 0 saturated heterocycles. The first-order valence-corrected chi connectivity index (χ1v) is 6.31. The van der Waals surface area contributed by atoms with Crippen LogP contribution >= 0.6 is 0 Å². The summed E-state index contributed by atoms with van der Waals surface area (Å²) >= 11 is 0. The van der Waals surface area contributed by atoms with Gasteiger partial charge in [-0.05, 0) is 12.1 Å². The highest BCUT2D eigenvalue weighted by Crippen LogP contribution is 2.11. The van der Waals surface area contributed by atoms with Gasteiger partial charge >= 0.3 is 0 Å². The van der Waals surface area contributed by atoms with Crippen molar-refractivity contribution in [3.8, 4) is 0 Å². The molecule has 0 aliphatic rings. The van der Waals surface area contributed by atoms with Gasteiger partial charge in [0.25, 0.3) is 5.56 Å². The number of nitrogens with one attached hydrogen (secondary N) is 1. The van der Waals surface area contributed by atoms with Gasteiger partial charge in [0.1, 0.15) is 5.82 Å². The second kappa shape index (κ2) is 6.18. The predicted octanol–water partition coefficient (Wildman–Crippen LogP) is 1.56. The molecule has 0 bridgehead atoms. The molecule has 1 aromatic carbocycles. The minimum absolute atomic E-state index is 0.175. The van der Waals surface area contributed by atoms with Gasteiger partial charge in [0.05, 0.1) is 24.1 Å². The summed E-state index contributed by atoms with van der Waals surface area (Å²) in [7, 11) is 3.70. The molecule has 0 fully saturated rings. The van der Waals surface area contributed by atoms with Crippen molar-refractivity contribution in [2.24, 2.45) is 0 Å². The van der Waals surface area contributed by atoms with Crippen LogP contribution < -0.4 is 15.8 Å². The fourth-order valence-electron chi connectivity index (χ4n) is 1.74. The Morgan fingerprint density at radius 2 is 2.10 bits per heavy atom. The van der Waals surface area contributed by atoms with Crippen LogP contribution in [0.4, 0.5) is 15.8 Å². The molecule has 6 heteroatoms. The fourth-order valence-corrected chi connectivity index (χ4v) is 1.74. The standard InChI is InChI=1S/C14H17FN4O/c1-18(2)11-9-14(20)19(17-10-11)8-7-16-13-6-4-3-5-12(13)15/h3-6,9-10,16H,7-8H2,1-2H3. The molecular weight excluding hydrogens is 259 g/mol. The fraction of sp³-hybridized carbons (Fsp3) is 0.286. The molecule has 0 radical (unpaired) electrons. The zero-order valence-corrected chi connectivity index (χ0v) is 11.5. The molecule has 1 heterocycles. The third-order valence-electron chi connectivity index (χ3n) is 2.88. The lowest BCUT2D eigenvalue weighted by atomic mass is 10.3. The first-order chi connectivity index (χ1) is 9.58. The van der Waals surface area contributed by atoms with E-state index in [9.17, 15) is 9.18 Å². The summed E-state index contributed by atoms with van der Waals surface area (Å²) < 4.78 is 14.7. The second-order valence-corrected chi connectivity index (χ2v) is 4.58.